The number of aliphatic hydroxyl groups excluding tert-OH is 6. The first-order valence-corrected chi connectivity index (χ1v) is 5.74. The van der Waals surface area contributed by atoms with Crippen LogP contribution in [-0.4, -0.2) is 91.6 Å². The summed E-state index contributed by atoms with van der Waals surface area (Å²) in [6.45, 7) is -1.56. The summed E-state index contributed by atoms with van der Waals surface area (Å²) in [6.07, 6.45) is -4.91. The Hall–Kier alpha value is -0.320. The predicted molar refractivity (Wildman–Crippen MR) is 59.6 cm³/mol. The van der Waals surface area contributed by atoms with Gasteiger partial charge in [-0.2, -0.15) is 0 Å². The molecule has 0 radical (unpaired) electrons. The molecule has 1 rings (SSSR count). The Morgan fingerprint density at radius 1 is 1.06 bits per heavy atom. The fraction of sp³-hybridized carbons (Fsp3) is 1.00. The van der Waals surface area contributed by atoms with E-state index in [1.54, 1.807) is 0 Å². The summed E-state index contributed by atoms with van der Waals surface area (Å²) in [5.74, 6) is 0. The average Bonchev–Trinajstić information content (AvgIpc) is 2.39. The number of rotatable bonds is 5. The lowest BCUT2D eigenvalue weighted by atomic mass is 9.76. The van der Waals surface area contributed by atoms with Crippen LogP contribution in [0, 0.1) is 0 Å². The number of hydrogen-bond acceptors (Lipinski definition) is 8. The summed E-state index contributed by atoms with van der Waals surface area (Å²) in [4.78, 5) is 0. The summed E-state index contributed by atoms with van der Waals surface area (Å²) in [5, 5.41) is 68.4. The Labute approximate surface area is 104 Å². The summed E-state index contributed by atoms with van der Waals surface area (Å²) >= 11 is 0. The second kappa shape index (κ2) is 6.22. The van der Waals surface area contributed by atoms with E-state index in [1.165, 1.54) is 0 Å². The lowest BCUT2D eigenvalue weighted by molar-refractivity contribution is -0.207. The molecule has 0 unspecified atom stereocenters. The van der Waals surface area contributed by atoms with Crippen LogP contribution in [0.15, 0.2) is 0 Å². The van der Waals surface area contributed by atoms with Crippen LogP contribution in [0.3, 0.4) is 0 Å². The van der Waals surface area contributed by atoms with E-state index in [1.807, 2.05) is 0 Å². The number of aliphatic hydroxyl groups is 7. The number of hydrogen-bond donors (Lipinski definition) is 8. The zero-order chi connectivity index (χ0) is 13.9. The summed E-state index contributed by atoms with van der Waals surface area (Å²) in [5.41, 5.74) is -1.94. The molecule has 1 aliphatic rings. The van der Waals surface area contributed by atoms with Crippen LogP contribution in [-0.2, 0) is 0 Å². The van der Waals surface area contributed by atoms with Gasteiger partial charge in [0.15, 0.2) is 0 Å². The van der Waals surface area contributed by atoms with Crippen molar-refractivity contribution in [3.05, 3.63) is 0 Å². The Bertz CT molecular complexity index is 263. The van der Waals surface area contributed by atoms with E-state index in [-0.39, 0.29) is 6.42 Å². The van der Waals surface area contributed by atoms with Gasteiger partial charge in [0.2, 0.25) is 0 Å². The van der Waals surface area contributed by atoms with Crippen LogP contribution in [0.5, 0.6) is 0 Å². The Balaban J connectivity index is 2.79. The van der Waals surface area contributed by atoms with Crippen LogP contribution < -0.4 is 5.32 Å². The monoisotopic (exact) mass is 267 g/mol. The lowest BCUT2D eigenvalue weighted by Crippen LogP contribution is -2.68. The minimum Gasteiger partial charge on any atom is -0.395 e. The SMILES string of the molecule is OCC(CO)N[C@@H]1C[C@](O)(CO)[C@H](O)[C@H](O)[C@H]1O. The van der Waals surface area contributed by atoms with E-state index in [4.69, 9.17) is 15.3 Å². The molecular formula is C10H21NO7. The maximum absolute atomic E-state index is 9.93. The fourth-order valence-electron chi connectivity index (χ4n) is 2.15. The third kappa shape index (κ3) is 2.98. The van der Waals surface area contributed by atoms with Gasteiger partial charge < -0.3 is 41.1 Å². The first-order chi connectivity index (χ1) is 8.39. The quantitative estimate of drug-likeness (QED) is 0.248. The van der Waals surface area contributed by atoms with Crippen LogP contribution in [0.2, 0.25) is 0 Å². The van der Waals surface area contributed by atoms with Gasteiger partial charge in [-0.3, -0.25) is 0 Å². The van der Waals surface area contributed by atoms with E-state index >= 15 is 0 Å². The molecule has 0 bridgehead atoms. The van der Waals surface area contributed by atoms with Crippen LogP contribution >= 0.6 is 0 Å². The Kier molecular flexibility index (Phi) is 5.44. The first kappa shape index (κ1) is 15.7. The molecule has 1 fully saturated rings. The first-order valence-electron chi connectivity index (χ1n) is 5.74. The fourth-order valence-corrected chi connectivity index (χ4v) is 2.15. The van der Waals surface area contributed by atoms with Crippen molar-refractivity contribution in [2.24, 2.45) is 0 Å². The standard InChI is InChI=1S/C10H21NO7/c12-2-5(3-13)11-6-1-10(18,4-14)9(17)8(16)7(6)15/h5-9,11-18H,1-4H2/t6-,7+,8-,9-,10+/m1/s1. The molecule has 0 aromatic carbocycles. The summed E-state index contributed by atoms with van der Waals surface area (Å²) in [6, 6.07) is -1.60. The molecule has 18 heavy (non-hydrogen) atoms. The zero-order valence-electron chi connectivity index (χ0n) is 9.85. The van der Waals surface area contributed by atoms with Crippen LogP contribution in [0.1, 0.15) is 6.42 Å². The second-order valence-corrected chi connectivity index (χ2v) is 4.73. The van der Waals surface area contributed by atoms with Crippen LogP contribution in [0.4, 0.5) is 0 Å². The van der Waals surface area contributed by atoms with Gasteiger partial charge in [-0.15, -0.1) is 0 Å². The van der Waals surface area contributed by atoms with E-state index in [0.717, 1.165) is 0 Å². The molecule has 0 saturated heterocycles. The largest absolute Gasteiger partial charge is 0.395 e. The highest BCUT2D eigenvalue weighted by Crippen LogP contribution is 2.29. The van der Waals surface area contributed by atoms with Gasteiger partial charge in [0.25, 0.3) is 0 Å². The molecule has 8 N–H and O–H groups in total. The van der Waals surface area contributed by atoms with Gasteiger partial charge in [-0.25, -0.2) is 0 Å². The van der Waals surface area contributed by atoms with Crippen molar-refractivity contribution >= 4 is 0 Å². The second-order valence-electron chi connectivity index (χ2n) is 4.73. The van der Waals surface area contributed by atoms with E-state index in [0.29, 0.717) is 0 Å². The molecule has 0 aromatic heterocycles. The normalized spacial score (nSPS) is 41.3. The van der Waals surface area contributed by atoms with E-state index in [2.05, 4.69) is 5.32 Å². The molecule has 0 aliphatic heterocycles. The maximum atomic E-state index is 9.93. The summed E-state index contributed by atoms with van der Waals surface area (Å²) in [7, 11) is 0. The van der Waals surface area contributed by atoms with Crippen molar-refractivity contribution in [1.82, 2.24) is 5.32 Å². The van der Waals surface area contributed by atoms with Crippen molar-refractivity contribution in [3.63, 3.8) is 0 Å². The molecule has 8 heteroatoms. The van der Waals surface area contributed by atoms with Crippen LogP contribution in [0.25, 0.3) is 0 Å². The van der Waals surface area contributed by atoms with Crippen molar-refractivity contribution in [2.75, 3.05) is 19.8 Å². The minimum absolute atomic E-state index is 0.223. The highest BCUT2D eigenvalue weighted by Gasteiger charge is 2.51. The predicted octanol–water partition coefficient (Wildman–Crippen LogP) is -4.49. The summed E-state index contributed by atoms with van der Waals surface area (Å²) < 4.78 is 0. The molecular weight excluding hydrogens is 246 g/mol. The molecule has 0 aromatic rings. The molecule has 1 aliphatic carbocycles. The number of nitrogens with one attached hydrogen (secondary N) is 1. The average molecular weight is 267 g/mol. The topological polar surface area (TPSA) is 154 Å². The Morgan fingerprint density at radius 3 is 2.06 bits per heavy atom. The van der Waals surface area contributed by atoms with Crippen molar-refractivity contribution in [3.8, 4) is 0 Å². The van der Waals surface area contributed by atoms with E-state index < -0.39 is 55.8 Å². The van der Waals surface area contributed by atoms with Gasteiger partial charge in [0.05, 0.1) is 32.0 Å². The van der Waals surface area contributed by atoms with Gasteiger partial charge in [-0.05, 0) is 6.42 Å². The highest BCUT2D eigenvalue weighted by molar-refractivity contribution is 5.05. The molecule has 108 valence electrons. The molecule has 1 saturated carbocycles. The molecule has 8 nitrogen and oxygen atoms in total. The van der Waals surface area contributed by atoms with Crippen molar-refractivity contribution < 1.29 is 35.7 Å². The molecule has 0 amide bonds. The molecule has 5 atom stereocenters. The third-order valence-electron chi connectivity index (χ3n) is 3.37. The third-order valence-corrected chi connectivity index (χ3v) is 3.37. The highest BCUT2D eigenvalue weighted by atomic mass is 16.4. The molecule has 0 spiro atoms. The van der Waals surface area contributed by atoms with Gasteiger partial charge >= 0.3 is 0 Å². The minimum atomic E-state index is -1.94. The van der Waals surface area contributed by atoms with E-state index in [9.17, 15) is 20.4 Å². The Morgan fingerprint density at radius 2 is 1.61 bits per heavy atom. The van der Waals surface area contributed by atoms with Crippen molar-refractivity contribution in [1.29, 1.82) is 0 Å². The maximum Gasteiger partial charge on any atom is 0.118 e. The van der Waals surface area contributed by atoms with Gasteiger partial charge in [0, 0.05) is 6.04 Å². The smallest absolute Gasteiger partial charge is 0.118 e. The van der Waals surface area contributed by atoms with Gasteiger partial charge in [-0.1, -0.05) is 0 Å². The molecule has 0 heterocycles. The zero-order valence-corrected chi connectivity index (χ0v) is 9.85. The van der Waals surface area contributed by atoms with Gasteiger partial charge in [0.1, 0.15) is 17.8 Å². The van der Waals surface area contributed by atoms with Crippen molar-refractivity contribution in [2.45, 2.75) is 42.4 Å². The lowest BCUT2D eigenvalue weighted by Gasteiger charge is -2.46.